The highest BCUT2D eigenvalue weighted by molar-refractivity contribution is 7.88. The van der Waals surface area contributed by atoms with Crippen LogP contribution in [0, 0.1) is 10.8 Å². The maximum atomic E-state index is 11.3. The van der Waals surface area contributed by atoms with Crippen LogP contribution in [0.3, 0.4) is 0 Å². The molecule has 11 nitrogen and oxygen atoms in total. The third-order valence-corrected chi connectivity index (χ3v) is 4.20. The van der Waals surface area contributed by atoms with Gasteiger partial charge in [-0.25, -0.2) is 4.79 Å². The van der Waals surface area contributed by atoms with E-state index in [9.17, 15) is 21.6 Å². The van der Waals surface area contributed by atoms with Crippen LogP contribution < -0.4 is 0 Å². The fraction of sp³-hybridized carbons (Fsp3) is 0.571. The molecule has 0 bridgehead atoms. The molecule has 1 aliphatic heterocycles. The molecule has 0 radical (unpaired) electrons. The van der Waals surface area contributed by atoms with E-state index in [1.165, 1.54) is 0 Å². The first-order valence-corrected chi connectivity index (χ1v) is 7.98. The molecule has 0 aromatic heterocycles. The molecule has 0 saturated carbocycles. The van der Waals surface area contributed by atoms with Gasteiger partial charge in [-0.15, -0.1) is 0 Å². The standard InChI is InChI=1S/C7H10N2O9S2/c8-5-3-4(20(13,14)15)6(9)18-19(11,12)2-1-16-7(10)17-5/h4,8-9H,1-3H2,(H,13,14,15). The Hall–Kier alpha value is -1.73. The van der Waals surface area contributed by atoms with Gasteiger partial charge in [0.25, 0.3) is 10.1 Å². The fourth-order valence-corrected chi connectivity index (χ4v) is 2.63. The largest absolute Gasteiger partial charge is 0.514 e. The second kappa shape index (κ2) is 5.72. The van der Waals surface area contributed by atoms with Crippen LogP contribution in [-0.2, 0) is 33.9 Å². The topological polar surface area (TPSA) is 181 Å². The second-order valence-electron chi connectivity index (χ2n) is 3.54. The van der Waals surface area contributed by atoms with Crippen LogP contribution in [0.5, 0.6) is 0 Å². The highest BCUT2D eigenvalue weighted by atomic mass is 32.2. The highest BCUT2D eigenvalue weighted by Gasteiger charge is 2.35. The number of rotatable bonds is 1. The summed E-state index contributed by atoms with van der Waals surface area (Å²) in [5.41, 5.74) is 0. The van der Waals surface area contributed by atoms with Gasteiger partial charge >= 0.3 is 16.3 Å². The molecule has 1 rings (SSSR count). The van der Waals surface area contributed by atoms with Gasteiger partial charge in [0.1, 0.15) is 12.4 Å². The number of cyclic esters (lactones) is 2. The Bertz CT molecular complexity index is 635. The second-order valence-corrected chi connectivity index (χ2v) is 6.83. The van der Waals surface area contributed by atoms with Gasteiger partial charge in [-0.1, -0.05) is 0 Å². The molecular formula is C7H10N2O9S2. The zero-order valence-electron chi connectivity index (χ0n) is 9.73. The lowest BCUT2D eigenvalue weighted by atomic mass is 10.3. The summed E-state index contributed by atoms with van der Waals surface area (Å²) in [7, 11) is -9.33. The Labute approximate surface area is 113 Å². The molecule has 1 heterocycles. The van der Waals surface area contributed by atoms with E-state index in [4.69, 9.17) is 15.4 Å². The molecule has 13 heteroatoms. The van der Waals surface area contributed by atoms with Crippen LogP contribution in [0.15, 0.2) is 0 Å². The Kier molecular flexibility index (Phi) is 4.67. The molecule has 1 atom stereocenters. The van der Waals surface area contributed by atoms with E-state index in [0.29, 0.717) is 0 Å². The number of nitrogens with one attached hydrogen (secondary N) is 2. The summed E-state index contributed by atoms with van der Waals surface area (Å²) >= 11 is 0. The molecule has 0 amide bonds. The number of ether oxygens (including phenoxy) is 2. The molecule has 114 valence electrons. The molecule has 1 fully saturated rings. The van der Waals surface area contributed by atoms with E-state index in [-0.39, 0.29) is 0 Å². The van der Waals surface area contributed by atoms with Crippen molar-refractivity contribution in [3.63, 3.8) is 0 Å². The van der Waals surface area contributed by atoms with Crippen molar-refractivity contribution in [3.05, 3.63) is 0 Å². The van der Waals surface area contributed by atoms with E-state index in [2.05, 4.69) is 13.7 Å². The van der Waals surface area contributed by atoms with Crippen molar-refractivity contribution in [1.82, 2.24) is 0 Å². The first-order valence-electron chi connectivity index (χ1n) is 4.90. The third-order valence-electron chi connectivity index (χ3n) is 2.00. The Morgan fingerprint density at radius 1 is 1.30 bits per heavy atom. The normalized spacial score (nSPS) is 24.9. The molecule has 0 spiro atoms. The molecule has 1 unspecified atom stereocenters. The zero-order chi connectivity index (χ0) is 15.6. The summed E-state index contributed by atoms with van der Waals surface area (Å²) < 4.78 is 66.4. The minimum absolute atomic E-state index is 0.668. The van der Waals surface area contributed by atoms with E-state index >= 15 is 0 Å². The molecular weight excluding hydrogens is 320 g/mol. The van der Waals surface area contributed by atoms with Gasteiger partial charge < -0.3 is 13.7 Å². The van der Waals surface area contributed by atoms with Crippen molar-refractivity contribution in [2.45, 2.75) is 11.7 Å². The maximum absolute atomic E-state index is 11.3. The molecule has 0 aromatic rings. The smallest absolute Gasteiger partial charge is 0.433 e. The minimum Gasteiger partial charge on any atom is -0.433 e. The van der Waals surface area contributed by atoms with Gasteiger partial charge in [-0.2, -0.15) is 16.8 Å². The first kappa shape index (κ1) is 16.3. The number of carbonyl (C=O) groups is 1. The third kappa shape index (κ3) is 4.75. The van der Waals surface area contributed by atoms with Crippen LogP contribution in [0.1, 0.15) is 6.42 Å². The average molecular weight is 330 g/mol. The van der Waals surface area contributed by atoms with Crippen LogP contribution >= 0.6 is 0 Å². The lowest BCUT2D eigenvalue weighted by Gasteiger charge is -2.14. The van der Waals surface area contributed by atoms with E-state index in [1.54, 1.807) is 0 Å². The number of carbonyl (C=O) groups excluding carboxylic acids is 1. The summed E-state index contributed by atoms with van der Waals surface area (Å²) in [5, 5.41) is 12.3. The van der Waals surface area contributed by atoms with E-state index in [0.717, 1.165) is 0 Å². The quantitative estimate of drug-likeness (QED) is 0.311. The lowest BCUT2D eigenvalue weighted by Crippen LogP contribution is -2.35. The van der Waals surface area contributed by atoms with Gasteiger partial charge in [0, 0.05) is 0 Å². The van der Waals surface area contributed by atoms with Crippen molar-refractivity contribution < 1.29 is 39.8 Å². The molecule has 0 aliphatic carbocycles. The van der Waals surface area contributed by atoms with Gasteiger partial charge in [0.15, 0.2) is 11.1 Å². The van der Waals surface area contributed by atoms with Gasteiger partial charge in [0.05, 0.1) is 6.42 Å². The Morgan fingerprint density at radius 3 is 2.45 bits per heavy atom. The molecule has 0 aromatic carbocycles. The predicted octanol–water partition coefficient (Wildman–Crippen LogP) is -0.899. The van der Waals surface area contributed by atoms with Crippen LogP contribution in [0.25, 0.3) is 0 Å². The highest BCUT2D eigenvalue weighted by Crippen LogP contribution is 2.12. The van der Waals surface area contributed by atoms with E-state index in [1.807, 2.05) is 0 Å². The Morgan fingerprint density at radius 2 is 1.90 bits per heavy atom. The molecule has 20 heavy (non-hydrogen) atoms. The minimum atomic E-state index is -4.94. The summed E-state index contributed by atoms with van der Waals surface area (Å²) in [6, 6.07) is 0. The predicted molar refractivity (Wildman–Crippen MR) is 62.7 cm³/mol. The average Bonchev–Trinajstić information content (AvgIpc) is 2.23. The SMILES string of the molecule is N=C1CC(S(=O)(=O)O)C(=N)OS(=O)(=O)CCOC(=O)O1. The van der Waals surface area contributed by atoms with Crippen LogP contribution in [0.4, 0.5) is 4.79 Å². The van der Waals surface area contributed by atoms with Crippen molar-refractivity contribution >= 4 is 38.2 Å². The van der Waals surface area contributed by atoms with Gasteiger partial charge in [-0.3, -0.25) is 15.4 Å². The van der Waals surface area contributed by atoms with Crippen molar-refractivity contribution in [3.8, 4) is 0 Å². The molecule has 1 aliphatic rings. The van der Waals surface area contributed by atoms with Crippen molar-refractivity contribution in [1.29, 1.82) is 10.8 Å². The van der Waals surface area contributed by atoms with Crippen LogP contribution in [-0.4, -0.2) is 56.9 Å². The summed E-state index contributed by atoms with van der Waals surface area (Å²) in [6.07, 6.45) is -2.38. The van der Waals surface area contributed by atoms with Crippen LogP contribution in [0.2, 0.25) is 0 Å². The maximum Gasteiger partial charge on any atom is 0.514 e. The first-order chi connectivity index (χ1) is 9.01. The van der Waals surface area contributed by atoms with E-state index < -0.39 is 62.2 Å². The molecule has 1 saturated heterocycles. The number of hydrogen-bond acceptors (Lipinski definition) is 10. The summed E-state index contributed by atoms with van der Waals surface area (Å²) in [5.74, 6) is -3.10. The summed E-state index contributed by atoms with van der Waals surface area (Å²) in [6.45, 7) is -0.668. The fourth-order valence-electron chi connectivity index (χ4n) is 1.13. The Balaban J connectivity index is 3.14. The summed E-state index contributed by atoms with van der Waals surface area (Å²) in [4.78, 5) is 11.0. The van der Waals surface area contributed by atoms with Gasteiger partial charge in [0.2, 0.25) is 5.90 Å². The zero-order valence-corrected chi connectivity index (χ0v) is 11.4. The number of hydrogen-bond donors (Lipinski definition) is 3. The van der Waals surface area contributed by atoms with Crippen molar-refractivity contribution in [2.24, 2.45) is 0 Å². The monoisotopic (exact) mass is 330 g/mol. The van der Waals surface area contributed by atoms with Crippen molar-refractivity contribution in [2.75, 3.05) is 12.4 Å². The molecule has 3 N–H and O–H groups in total. The lowest BCUT2D eigenvalue weighted by molar-refractivity contribution is 0.0995. The van der Waals surface area contributed by atoms with Gasteiger partial charge in [-0.05, 0) is 0 Å².